The Kier molecular flexibility index (Phi) is 6.96. The van der Waals surface area contributed by atoms with Crippen LogP contribution in [-0.2, 0) is 4.79 Å². The van der Waals surface area contributed by atoms with E-state index in [4.69, 9.17) is 5.73 Å². The lowest BCUT2D eigenvalue weighted by molar-refractivity contribution is -0.120. The summed E-state index contributed by atoms with van der Waals surface area (Å²) in [6.07, 6.45) is 4.69. The molecule has 4 nitrogen and oxygen atoms in total. The second-order valence-electron chi connectivity index (χ2n) is 7.14. The molecule has 0 bridgehead atoms. The molecule has 1 saturated heterocycles. The standard InChI is InChI=1S/C16H33N3O/c1-5-18-14(15(17)20)9-12-19-10-6-7-13(8-11-19)16(2,3)4/h13-14,18H,5-12H2,1-4H3,(H2,17,20). The number of carbonyl (C=O) groups is 1. The number of amides is 1. The van der Waals surface area contributed by atoms with Gasteiger partial charge in [-0.2, -0.15) is 0 Å². The van der Waals surface area contributed by atoms with E-state index in [0.29, 0.717) is 5.41 Å². The van der Waals surface area contributed by atoms with Crippen LogP contribution in [0.3, 0.4) is 0 Å². The number of nitrogens with two attached hydrogens (primary N) is 1. The second kappa shape index (κ2) is 7.99. The summed E-state index contributed by atoms with van der Waals surface area (Å²) in [4.78, 5) is 13.9. The molecule has 1 rings (SSSR count). The van der Waals surface area contributed by atoms with Gasteiger partial charge in [0.05, 0.1) is 6.04 Å². The molecule has 1 amide bonds. The normalized spacial score (nSPS) is 23.3. The number of primary amides is 1. The summed E-state index contributed by atoms with van der Waals surface area (Å²) in [5.41, 5.74) is 5.84. The van der Waals surface area contributed by atoms with Gasteiger partial charge in [-0.15, -0.1) is 0 Å². The van der Waals surface area contributed by atoms with Crippen LogP contribution in [0.5, 0.6) is 0 Å². The zero-order chi connectivity index (χ0) is 15.2. The number of rotatable bonds is 6. The highest BCUT2D eigenvalue weighted by Gasteiger charge is 2.27. The van der Waals surface area contributed by atoms with Crippen LogP contribution in [0.4, 0.5) is 0 Å². The van der Waals surface area contributed by atoms with E-state index in [2.05, 4.69) is 31.0 Å². The largest absolute Gasteiger partial charge is 0.368 e. The minimum atomic E-state index is -0.228. The molecule has 20 heavy (non-hydrogen) atoms. The van der Waals surface area contributed by atoms with E-state index >= 15 is 0 Å². The van der Waals surface area contributed by atoms with Crippen LogP contribution in [-0.4, -0.2) is 43.0 Å². The maximum absolute atomic E-state index is 11.4. The number of nitrogens with one attached hydrogen (secondary N) is 1. The van der Waals surface area contributed by atoms with E-state index in [1.54, 1.807) is 0 Å². The van der Waals surface area contributed by atoms with Crippen molar-refractivity contribution >= 4 is 5.91 Å². The van der Waals surface area contributed by atoms with Crippen molar-refractivity contribution in [2.75, 3.05) is 26.2 Å². The van der Waals surface area contributed by atoms with Gasteiger partial charge in [-0.25, -0.2) is 0 Å². The van der Waals surface area contributed by atoms with Crippen molar-refractivity contribution in [2.24, 2.45) is 17.1 Å². The Bertz CT molecular complexity index is 299. The van der Waals surface area contributed by atoms with Crippen LogP contribution in [0.15, 0.2) is 0 Å². The minimum absolute atomic E-state index is 0.179. The van der Waals surface area contributed by atoms with Gasteiger partial charge >= 0.3 is 0 Å². The molecule has 1 fully saturated rings. The highest BCUT2D eigenvalue weighted by atomic mass is 16.1. The molecule has 4 heteroatoms. The Hall–Kier alpha value is -0.610. The van der Waals surface area contributed by atoms with Crippen molar-refractivity contribution in [1.29, 1.82) is 0 Å². The van der Waals surface area contributed by atoms with E-state index in [1.165, 1.54) is 19.3 Å². The fraction of sp³-hybridized carbons (Fsp3) is 0.938. The third-order valence-electron chi connectivity index (χ3n) is 4.57. The van der Waals surface area contributed by atoms with E-state index in [0.717, 1.165) is 38.5 Å². The average molecular weight is 283 g/mol. The lowest BCUT2D eigenvalue weighted by atomic mass is 9.77. The Morgan fingerprint density at radius 3 is 2.60 bits per heavy atom. The van der Waals surface area contributed by atoms with Crippen LogP contribution in [0.25, 0.3) is 0 Å². The highest BCUT2D eigenvalue weighted by molar-refractivity contribution is 5.79. The summed E-state index contributed by atoms with van der Waals surface area (Å²) in [6, 6.07) is -0.179. The first-order valence-electron chi connectivity index (χ1n) is 8.09. The SMILES string of the molecule is CCNC(CCN1CCCC(C(C)(C)C)CC1)C(N)=O. The molecule has 0 radical (unpaired) electrons. The first-order chi connectivity index (χ1) is 9.34. The summed E-state index contributed by atoms with van der Waals surface area (Å²) in [5.74, 6) is 0.586. The molecule has 0 aromatic rings. The number of likely N-dealkylation sites (N-methyl/N-ethyl adjacent to an activating group) is 1. The van der Waals surface area contributed by atoms with Gasteiger partial charge in [-0.3, -0.25) is 4.79 Å². The molecule has 3 N–H and O–H groups in total. The molecular weight excluding hydrogens is 250 g/mol. The summed E-state index contributed by atoms with van der Waals surface area (Å²) in [5, 5.41) is 3.17. The first kappa shape index (κ1) is 17.4. The molecule has 1 aliphatic heterocycles. The van der Waals surface area contributed by atoms with E-state index < -0.39 is 0 Å². The summed E-state index contributed by atoms with van der Waals surface area (Å²) >= 11 is 0. The van der Waals surface area contributed by atoms with Gasteiger partial charge in [0.15, 0.2) is 0 Å². The van der Waals surface area contributed by atoms with E-state index in [9.17, 15) is 4.79 Å². The predicted molar refractivity (Wildman–Crippen MR) is 84.5 cm³/mol. The van der Waals surface area contributed by atoms with Crippen molar-refractivity contribution in [2.45, 2.75) is 59.4 Å². The topological polar surface area (TPSA) is 58.4 Å². The molecule has 2 unspecified atom stereocenters. The van der Waals surface area contributed by atoms with Crippen LogP contribution in [0, 0.1) is 11.3 Å². The van der Waals surface area contributed by atoms with E-state index in [-0.39, 0.29) is 11.9 Å². The number of hydrogen-bond donors (Lipinski definition) is 2. The highest BCUT2D eigenvalue weighted by Crippen LogP contribution is 2.34. The smallest absolute Gasteiger partial charge is 0.234 e. The molecule has 0 saturated carbocycles. The van der Waals surface area contributed by atoms with Crippen LogP contribution < -0.4 is 11.1 Å². The van der Waals surface area contributed by atoms with Crippen LogP contribution in [0.2, 0.25) is 0 Å². The van der Waals surface area contributed by atoms with Crippen molar-refractivity contribution in [1.82, 2.24) is 10.2 Å². The quantitative estimate of drug-likeness (QED) is 0.784. The Morgan fingerprint density at radius 1 is 1.35 bits per heavy atom. The van der Waals surface area contributed by atoms with Gasteiger partial charge in [-0.05, 0) is 56.7 Å². The van der Waals surface area contributed by atoms with Gasteiger partial charge in [0, 0.05) is 6.54 Å². The van der Waals surface area contributed by atoms with Crippen molar-refractivity contribution in [3.05, 3.63) is 0 Å². The summed E-state index contributed by atoms with van der Waals surface area (Å²) in [7, 11) is 0. The molecule has 0 aliphatic carbocycles. The fourth-order valence-electron chi connectivity index (χ4n) is 3.15. The van der Waals surface area contributed by atoms with Gasteiger partial charge in [0.25, 0.3) is 0 Å². The third kappa shape index (κ3) is 5.80. The van der Waals surface area contributed by atoms with Gasteiger partial charge in [0.2, 0.25) is 5.91 Å². The molecule has 2 atom stereocenters. The second-order valence-corrected chi connectivity index (χ2v) is 7.14. The molecule has 0 aromatic carbocycles. The molecular formula is C16H33N3O. The Labute approximate surface area is 124 Å². The minimum Gasteiger partial charge on any atom is -0.368 e. The fourth-order valence-corrected chi connectivity index (χ4v) is 3.15. The van der Waals surface area contributed by atoms with Crippen molar-refractivity contribution < 1.29 is 4.79 Å². The monoisotopic (exact) mass is 283 g/mol. The third-order valence-corrected chi connectivity index (χ3v) is 4.57. The maximum atomic E-state index is 11.4. The average Bonchev–Trinajstić information content (AvgIpc) is 2.59. The number of carbonyl (C=O) groups excluding carboxylic acids is 1. The lowest BCUT2D eigenvalue weighted by Gasteiger charge is -2.30. The zero-order valence-electron chi connectivity index (χ0n) is 13.7. The molecule has 1 aliphatic rings. The van der Waals surface area contributed by atoms with Crippen molar-refractivity contribution in [3.8, 4) is 0 Å². The Morgan fingerprint density at radius 2 is 2.05 bits per heavy atom. The number of likely N-dealkylation sites (tertiary alicyclic amines) is 1. The van der Waals surface area contributed by atoms with Gasteiger partial charge < -0.3 is 16.0 Å². The van der Waals surface area contributed by atoms with Crippen LogP contribution in [0.1, 0.15) is 53.4 Å². The predicted octanol–water partition coefficient (Wildman–Crippen LogP) is 1.99. The lowest BCUT2D eigenvalue weighted by Crippen LogP contribution is -2.43. The van der Waals surface area contributed by atoms with E-state index in [1.807, 2.05) is 6.92 Å². The number of hydrogen-bond acceptors (Lipinski definition) is 3. The zero-order valence-corrected chi connectivity index (χ0v) is 13.7. The van der Waals surface area contributed by atoms with Gasteiger partial charge in [0.1, 0.15) is 0 Å². The van der Waals surface area contributed by atoms with Gasteiger partial charge in [-0.1, -0.05) is 27.7 Å². The van der Waals surface area contributed by atoms with Crippen molar-refractivity contribution in [3.63, 3.8) is 0 Å². The summed E-state index contributed by atoms with van der Waals surface area (Å²) < 4.78 is 0. The maximum Gasteiger partial charge on any atom is 0.234 e. The molecule has 1 heterocycles. The molecule has 0 spiro atoms. The first-order valence-corrected chi connectivity index (χ1v) is 8.09. The molecule has 118 valence electrons. The Balaban J connectivity index is 2.40. The number of nitrogens with zero attached hydrogens (tertiary/aromatic N) is 1. The van der Waals surface area contributed by atoms with Crippen LogP contribution >= 0.6 is 0 Å². The summed E-state index contributed by atoms with van der Waals surface area (Å²) in [6.45, 7) is 13.1. The molecule has 0 aromatic heterocycles.